The highest BCUT2D eigenvalue weighted by atomic mass is 35.5. The van der Waals surface area contributed by atoms with Crippen LogP contribution in [0.4, 0.5) is 0 Å². The van der Waals surface area contributed by atoms with Crippen molar-refractivity contribution < 1.29 is 9.94 Å². The van der Waals surface area contributed by atoms with Crippen LogP contribution in [0, 0.1) is 5.21 Å². The Morgan fingerprint density at radius 1 is 0.864 bits per heavy atom. The molecule has 0 amide bonds. The minimum Gasteiger partial charge on any atom is -0.710 e. The molecule has 0 atom stereocenters. The second-order valence-corrected chi connectivity index (χ2v) is 6.24. The number of aromatic nitrogens is 2. The summed E-state index contributed by atoms with van der Waals surface area (Å²) in [6, 6.07) is 6.26. The summed E-state index contributed by atoms with van der Waals surface area (Å²) >= 11 is 30.1. The van der Waals surface area contributed by atoms with Gasteiger partial charge in [0, 0.05) is 4.73 Å². The molecule has 0 saturated heterocycles. The molecule has 1 heterocycles. The van der Waals surface area contributed by atoms with Crippen molar-refractivity contribution in [3.8, 4) is 11.4 Å². The van der Waals surface area contributed by atoms with Gasteiger partial charge in [-0.3, -0.25) is 0 Å². The topological polar surface area (TPSA) is 51.8 Å². The van der Waals surface area contributed by atoms with Crippen molar-refractivity contribution in [3.05, 3.63) is 54.6 Å². The fourth-order valence-electron chi connectivity index (χ4n) is 2.12. The first-order valence-corrected chi connectivity index (χ1v) is 7.67. The standard InChI is InChI=1S/C13H4Cl5N2O2/c14-8-7(9(15)11(17)12(18)10(8)16)13-19(21)5-3-1-2-4-6(5)20(13)22/h1-4H. The van der Waals surface area contributed by atoms with Crippen molar-refractivity contribution in [2.75, 3.05) is 0 Å². The van der Waals surface area contributed by atoms with Crippen LogP contribution in [0.2, 0.25) is 25.1 Å². The molecule has 3 aromatic rings. The molecule has 113 valence electrons. The van der Waals surface area contributed by atoms with Crippen LogP contribution in [0.15, 0.2) is 24.3 Å². The summed E-state index contributed by atoms with van der Waals surface area (Å²) < 4.78 is 0.853. The Kier molecular flexibility index (Phi) is 4.00. The highest BCUT2D eigenvalue weighted by Crippen LogP contribution is 2.47. The van der Waals surface area contributed by atoms with Crippen LogP contribution in [-0.4, -0.2) is 4.73 Å². The van der Waals surface area contributed by atoms with Crippen molar-refractivity contribution in [2.24, 2.45) is 0 Å². The van der Waals surface area contributed by atoms with Gasteiger partial charge < -0.3 is 5.21 Å². The first-order chi connectivity index (χ1) is 10.4. The first-order valence-electron chi connectivity index (χ1n) is 5.78. The molecule has 2 aromatic carbocycles. The fraction of sp³-hybridized carbons (Fsp3) is 0. The lowest BCUT2D eigenvalue weighted by molar-refractivity contribution is -0.567. The molecular formula is C13H4Cl5N2O2. The lowest BCUT2D eigenvalue weighted by Gasteiger charge is -2.11. The van der Waals surface area contributed by atoms with Crippen molar-refractivity contribution in [3.63, 3.8) is 0 Å². The van der Waals surface area contributed by atoms with Gasteiger partial charge in [-0.25, -0.2) is 4.73 Å². The second-order valence-electron chi connectivity index (χ2n) is 4.35. The number of rotatable bonds is 1. The number of hydrogen-bond acceptors (Lipinski definition) is 1. The van der Waals surface area contributed by atoms with Crippen LogP contribution in [-0.2, 0) is 5.21 Å². The van der Waals surface area contributed by atoms with E-state index in [1.165, 1.54) is 12.1 Å². The minimum atomic E-state index is -0.323. The Bertz CT molecular complexity index is 855. The highest BCUT2D eigenvalue weighted by Gasteiger charge is 2.32. The molecule has 1 radical (unpaired) electrons. The summed E-state index contributed by atoms with van der Waals surface area (Å²) in [5.74, 6) is -0.323. The third-order valence-electron chi connectivity index (χ3n) is 3.14. The van der Waals surface area contributed by atoms with Gasteiger partial charge in [0.05, 0.1) is 25.1 Å². The zero-order valence-corrected chi connectivity index (χ0v) is 14.2. The molecule has 0 fully saturated rings. The molecule has 0 bridgehead atoms. The number of halogens is 5. The second kappa shape index (κ2) is 5.55. The first kappa shape index (κ1) is 15.8. The summed E-state index contributed by atoms with van der Waals surface area (Å²) in [5, 5.41) is 24.4. The average molecular weight is 397 g/mol. The van der Waals surface area contributed by atoms with Gasteiger partial charge in [-0.05, 0) is 12.1 Å². The maximum atomic E-state index is 12.4. The molecule has 1 aromatic heterocycles. The van der Waals surface area contributed by atoms with E-state index in [0.717, 1.165) is 0 Å². The number of fused-ring (bicyclic) bond motifs is 1. The van der Waals surface area contributed by atoms with Gasteiger partial charge in [0.25, 0.3) is 0 Å². The maximum Gasteiger partial charge on any atom is 0.340 e. The average Bonchev–Trinajstić information content (AvgIpc) is 2.77. The zero-order chi connectivity index (χ0) is 16.2. The number of hydrogen-bond donors (Lipinski definition) is 0. The van der Waals surface area contributed by atoms with Crippen LogP contribution in [0.25, 0.3) is 22.4 Å². The Balaban J connectivity index is 2.48. The van der Waals surface area contributed by atoms with E-state index < -0.39 is 0 Å². The van der Waals surface area contributed by atoms with Crippen LogP contribution in [0.3, 0.4) is 0 Å². The zero-order valence-electron chi connectivity index (χ0n) is 10.4. The van der Waals surface area contributed by atoms with E-state index in [0.29, 0.717) is 9.46 Å². The van der Waals surface area contributed by atoms with Crippen LogP contribution < -0.4 is 4.73 Å². The molecule has 0 N–H and O–H groups in total. The van der Waals surface area contributed by atoms with Gasteiger partial charge in [0.15, 0.2) is 5.52 Å². The summed E-state index contributed by atoms with van der Waals surface area (Å²) in [6.07, 6.45) is 0. The van der Waals surface area contributed by atoms with E-state index >= 15 is 0 Å². The molecule has 0 aliphatic heterocycles. The summed E-state index contributed by atoms with van der Waals surface area (Å²) in [6.45, 7) is 0. The van der Waals surface area contributed by atoms with Gasteiger partial charge in [0.1, 0.15) is 5.56 Å². The van der Waals surface area contributed by atoms with Crippen LogP contribution in [0.1, 0.15) is 0 Å². The molecule has 3 rings (SSSR count). The predicted octanol–water partition coefficient (Wildman–Crippen LogP) is 5.40. The molecule has 0 unspecified atom stereocenters. The maximum absolute atomic E-state index is 12.4. The van der Waals surface area contributed by atoms with E-state index in [1.807, 2.05) is 0 Å². The van der Waals surface area contributed by atoms with Gasteiger partial charge >= 0.3 is 5.82 Å². The summed E-state index contributed by atoms with van der Waals surface area (Å²) in [5.41, 5.74) is 0.271. The van der Waals surface area contributed by atoms with Crippen LogP contribution in [0.5, 0.6) is 0 Å². The SMILES string of the molecule is [O]n1c(-c2c(Cl)c(Cl)c(Cl)c(Cl)c2Cl)[n+]([O-])c2ccccc21. The summed E-state index contributed by atoms with van der Waals surface area (Å²) in [7, 11) is 0. The van der Waals surface area contributed by atoms with Gasteiger partial charge in [-0.15, -0.1) is 0 Å². The molecule has 0 saturated carbocycles. The van der Waals surface area contributed by atoms with Crippen molar-refractivity contribution >= 4 is 69.0 Å². The predicted molar refractivity (Wildman–Crippen MR) is 87.5 cm³/mol. The lowest BCUT2D eigenvalue weighted by Crippen LogP contribution is -2.28. The molecule has 0 aliphatic rings. The van der Waals surface area contributed by atoms with E-state index in [4.69, 9.17) is 58.0 Å². The third kappa shape index (κ3) is 2.10. The Morgan fingerprint density at radius 2 is 1.36 bits per heavy atom. The van der Waals surface area contributed by atoms with Crippen molar-refractivity contribution in [2.45, 2.75) is 0 Å². The van der Waals surface area contributed by atoms with E-state index in [1.54, 1.807) is 12.1 Å². The van der Waals surface area contributed by atoms with E-state index in [2.05, 4.69) is 0 Å². The number of imidazole rings is 1. The smallest absolute Gasteiger partial charge is 0.340 e. The van der Waals surface area contributed by atoms with Crippen LogP contribution >= 0.6 is 58.0 Å². The Morgan fingerprint density at radius 3 is 1.91 bits per heavy atom. The van der Waals surface area contributed by atoms with Gasteiger partial charge in [-0.1, -0.05) is 75.3 Å². The molecule has 0 spiro atoms. The third-order valence-corrected chi connectivity index (χ3v) is 5.41. The quantitative estimate of drug-likeness (QED) is 0.235. The van der Waals surface area contributed by atoms with Gasteiger partial charge in [0.2, 0.25) is 5.52 Å². The Hall–Kier alpha value is -1.04. The number of para-hydroxylation sites is 2. The molecule has 22 heavy (non-hydrogen) atoms. The monoisotopic (exact) mass is 395 g/mol. The normalized spacial score (nSPS) is 11.3. The highest BCUT2D eigenvalue weighted by molar-refractivity contribution is 6.56. The van der Waals surface area contributed by atoms with Gasteiger partial charge in [-0.2, -0.15) is 0 Å². The van der Waals surface area contributed by atoms with E-state index in [9.17, 15) is 10.4 Å². The molecule has 9 heteroatoms. The minimum absolute atomic E-state index is 0.0481. The number of benzene rings is 2. The summed E-state index contributed by atoms with van der Waals surface area (Å²) in [4.78, 5) is 0. The fourth-order valence-corrected chi connectivity index (χ4v) is 3.43. The van der Waals surface area contributed by atoms with E-state index in [-0.39, 0.29) is 47.5 Å². The van der Waals surface area contributed by atoms with Crippen molar-refractivity contribution in [1.82, 2.24) is 4.73 Å². The molecule has 0 aliphatic carbocycles. The largest absolute Gasteiger partial charge is 0.710 e. The molecular weight excluding hydrogens is 393 g/mol. The Labute approximate surface area is 149 Å². The number of nitrogens with zero attached hydrogens (tertiary/aromatic N) is 2. The lowest BCUT2D eigenvalue weighted by atomic mass is 10.2. The van der Waals surface area contributed by atoms with Crippen molar-refractivity contribution in [1.29, 1.82) is 0 Å². The molecule has 4 nitrogen and oxygen atoms in total.